The molecule has 0 atom stereocenters. The molecule has 128 valence electrons. The molecule has 0 unspecified atom stereocenters. The van der Waals surface area contributed by atoms with Crippen molar-refractivity contribution < 1.29 is 31.1 Å². The summed E-state index contributed by atoms with van der Waals surface area (Å²) in [5, 5.41) is 2.05. The smallest absolute Gasteiger partial charge is 0.319 e. The van der Waals surface area contributed by atoms with Crippen LogP contribution in [0.4, 0.5) is 32.0 Å². The first kappa shape index (κ1) is 17.7. The number of anilines is 1. The predicted octanol–water partition coefficient (Wildman–Crippen LogP) is 4.07. The summed E-state index contributed by atoms with van der Waals surface area (Å²) in [6, 6.07) is 0.658. The van der Waals surface area contributed by atoms with Crippen LogP contribution in [0.15, 0.2) is 30.6 Å². The summed E-state index contributed by atoms with van der Waals surface area (Å²) in [5.74, 6) is -0.996. The molecule has 2 rings (SSSR count). The lowest BCUT2D eigenvalue weighted by molar-refractivity contribution is -0.141. The van der Waals surface area contributed by atoms with E-state index in [4.69, 9.17) is 0 Å². The van der Waals surface area contributed by atoms with Gasteiger partial charge in [-0.3, -0.25) is 4.79 Å². The van der Waals surface area contributed by atoms with Crippen molar-refractivity contribution >= 4 is 11.6 Å². The molecule has 1 aromatic heterocycles. The van der Waals surface area contributed by atoms with Crippen molar-refractivity contribution in [2.75, 3.05) is 5.32 Å². The van der Waals surface area contributed by atoms with E-state index in [1.54, 1.807) is 6.92 Å². The maximum absolute atomic E-state index is 12.9. The molecule has 2 aromatic rings. The van der Waals surface area contributed by atoms with Crippen LogP contribution in [0.1, 0.15) is 27.3 Å². The third kappa shape index (κ3) is 4.00. The molecule has 4 nitrogen and oxygen atoms in total. The topological polar surface area (TPSA) is 54.9 Å². The van der Waals surface area contributed by atoms with Crippen LogP contribution in [-0.2, 0) is 12.4 Å². The molecule has 0 aliphatic rings. The van der Waals surface area contributed by atoms with Gasteiger partial charge in [0.25, 0.3) is 5.91 Å². The Morgan fingerprint density at radius 2 is 1.58 bits per heavy atom. The van der Waals surface area contributed by atoms with E-state index in [1.165, 1.54) is 0 Å². The van der Waals surface area contributed by atoms with Crippen molar-refractivity contribution in [3.8, 4) is 0 Å². The number of halogens is 6. The van der Waals surface area contributed by atoms with E-state index in [2.05, 4.69) is 9.97 Å². The SMILES string of the molecule is Cc1ncc(NC(=O)c2cc(C(F)(F)F)ccc2C(F)(F)F)cn1. The minimum Gasteiger partial charge on any atom is -0.319 e. The zero-order chi connectivity index (χ0) is 18.1. The fourth-order valence-electron chi connectivity index (χ4n) is 1.81. The van der Waals surface area contributed by atoms with Gasteiger partial charge in [0.2, 0.25) is 0 Å². The summed E-state index contributed by atoms with van der Waals surface area (Å²) in [4.78, 5) is 19.5. The average Bonchev–Trinajstić information content (AvgIpc) is 2.47. The Morgan fingerprint density at radius 3 is 2.08 bits per heavy atom. The van der Waals surface area contributed by atoms with Crippen LogP contribution in [-0.4, -0.2) is 15.9 Å². The first-order chi connectivity index (χ1) is 11.0. The lowest BCUT2D eigenvalue weighted by Crippen LogP contribution is -2.20. The number of aryl methyl sites for hydroxylation is 1. The quantitative estimate of drug-likeness (QED) is 0.832. The van der Waals surface area contributed by atoms with Crippen molar-refractivity contribution in [2.45, 2.75) is 19.3 Å². The molecule has 1 aromatic carbocycles. The lowest BCUT2D eigenvalue weighted by Gasteiger charge is -2.15. The van der Waals surface area contributed by atoms with Crippen LogP contribution >= 0.6 is 0 Å². The second kappa shape index (κ2) is 6.10. The minimum absolute atomic E-state index is 0.0452. The van der Waals surface area contributed by atoms with Gasteiger partial charge < -0.3 is 5.32 Å². The molecule has 1 amide bonds. The number of hydrogen-bond acceptors (Lipinski definition) is 3. The number of benzene rings is 1. The summed E-state index contributed by atoms with van der Waals surface area (Å²) in [6.07, 6.45) is -7.62. The number of carbonyl (C=O) groups is 1. The second-order valence-corrected chi connectivity index (χ2v) is 4.73. The zero-order valence-electron chi connectivity index (χ0n) is 12.0. The molecule has 24 heavy (non-hydrogen) atoms. The number of nitrogens with zero attached hydrogens (tertiary/aromatic N) is 2. The maximum atomic E-state index is 12.9. The van der Waals surface area contributed by atoms with Gasteiger partial charge in [-0.2, -0.15) is 26.3 Å². The van der Waals surface area contributed by atoms with Crippen LogP contribution in [0.2, 0.25) is 0 Å². The largest absolute Gasteiger partial charge is 0.417 e. The maximum Gasteiger partial charge on any atom is 0.417 e. The lowest BCUT2D eigenvalue weighted by atomic mass is 10.0. The van der Waals surface area contributed by atoms with Crippen molar-refractivity contribution in [1.82, 2.24) is 9.97 Å². The van der Waals surface area contributed by atoms with Gasteiger partial charge in [0.1, 0.15) is 5.82 Å². The summed E-state index contributed by atoms with van der Waals surface area (Å²) >= 11 is 0. The number of alkyl halides is 6. The molecule has 0 aliphatic heterocycles. The first-order valence-corrected chi connectivity index (χ1v) is 6.37. The van der Waals surface area contributed by atoms with E-state index in [9.17, 15) is 31.1 Å². The molecule has 0 radical (unpaired) electrons. The van der Waals surface area contributed by atoms with Crippen molar-refractivity contribution in [2.24, 2.45) is 0 Å². The van der Waals surface area contributed by atoms with Crippen LogP contribution in [0.25, 0.3) is 0 Å². The molecule has 0 saturated heterocycles. The highest BCUT2D eigenvalue weighted by Crippen LogP contribution is 2.36. The first-order valence-electron chi connectivity index (χ1n) is 6.37. The monoisotopic (exact) mass is 349 g/mol. The highest BCUT2D eigenvalue weighted by Gasteiger charge is 2.38. The van der Waals surface area contributed by atoms with E-state index in [0.717, 1.165) is 12.4 Å². The van der Waals surface area contributed by atoms with E-state index in [-0.39, 0.29) is 23.9 Å². The number of carbonyl (C=O) groups excluding carboxylic acids is 1. The summed E-state index contributed by atoms with van der Waals surface area (Å²) in [5.41, 5.74) is -4.02. The molecule has 0 spiro atoms. The third-order valence-corrected chi connectivity index (χ3v) is 2.94. The van der Waals surface area contributed by atoms with Gasteiger partial charge in [-0.15, -0.1) is 0 Å². The van der Waals surface area contributed by atoms with Gasteiger partial charge >= 0.3 is 12.4 Å². The molecular formula is C14H9F6N3O. The van der Waals surface area contributed by atoms with Crippen LogP contribution in [0, 0.1) is 6.92 Å². The molecule has 1 N–H and O–H groups in total. The van der Waals surface area contributed by atoms with Gasteiger partial charge in [-0.05, 0) is 25.1 Å². The summed E-state index contributed by atoms with van der Waals surface area (Å²) in [7, 11) is 0. The fourth-order valence-corrected chi connectivity index (χ4v) is 1.81. The van der Waals surface area contributed by atoms with Crippen molar-refractivity contribution in [1.29, 1.82) is 0 Å². The fraction of sp³-hybridized carbons (Fsp3) is 0.214. The Balaban J connectivity index is 2.45. The van der Waals surface area contributed by atoms with E-state index >= 15 is 0 Å². The molecule has 1 heterocycles. The second-order valence-electron chi connectivity index (χ2n) is 4.73. The minimum atomic E-state index is -4.99. The van der Waals surface area contributed by atoms with Gasteiger partial charge in [-0.1, -0.05) is 0 Å². The van der Waals surface area contributed by atoms with Crippen molar-refractivity contribution in [3.05, 3.63) is 53.1 Å². The van der Waals surface area contributed by atoms with E-state index in [1.807, 2.05) is 5.32 Å². The Bertz CT molecular complexity index is 753. The number of rotatable bonds is 2. The van der Waals surface area contributed by atoms with Gasteiger partial charge in [0, 0.05) is 0 Å². The van der Waals surface area contributed by atoms with Gasteiger partial charge in [0.15, 0.2) is 0 Å². The standard InChI is InChI=1S/C14H9F6N3O/c1-7-21-5-9(6-22-7)23-12(24)10-4-8(13(15,16)17)2-3-11(10)14(18,19)20/h2-6H,1H3,(H,23,24). The van der Waals surface area contributed by atoms with Gasteiger partial charge in [-0.25, -0.2) is 9.97 Å². The number of amides is 1. The Hall–Kier alpha value is -2.65. The third-order valence-electron chi connectivity index (χ3n) is 2.94. The van der Waals surface area contributed by atoms with Gasteiger partial charge in [0.05, 0.1) is 34.8 Å². The number of hydrogen-bond donors (Lipinski definition) is 1. The van der Waals surface area contributed by atoms with E-state index < -0.39 is 35.0 Å². The van der Waals surface area contributed by atoms with Crippen LogP contribution in [0.3, 0.4) is 0 Å². The van der Waals surface area contributed by atoms with E-state index in [0.29, 0.717) is 5.82 Å². The number of nitrogens with one attached hydrogen (secondary N) is 1. The predicted molar refractivity (Wildman–Crippen MR) is 71.2 cm³/mol. The van der Waals surface area contributed by atoms with Crippen LogP contribution < -0.4 is 5.32 Å². The molecule has 0 fully saturated rings. The Labute approximate surface area is 131 Å². The van der Waals surface area contributed by atoms with Crippen molar-refractivity contribution in [3.63, 3.8) is 0 Å². The summed E-state index contributed by atoms with van der Waals surface area (Å²) in [6.45, 7) is 1.54. The molecule has 0 aliphatic carbocycles. The average molecular weight is 349 g/mol. The highest BCUT2D eigenvalue weighted by atomic mass is 19.4. The Kier molecular flexibility index (Phi) is 4.50. The molecule has 0 bridgehead atoms. The zero-order valence-corrected chi connectivity index (χ0v) is 12.0. The molecule has 10 heteroatoms. The normalized spacial score (nSPS) is 12.1. The van der Waals surface area contributed by atoms with Crippen LogP contribution in [0.5, 0.6) is 0 Å². The molecule has 0 saturated carbocycles. The Morgan fingerprint density at radius 1 is 1.00 bits per heavy atom. The molecular weight excluding hydrogens is 340 g/mol. The highest BCUT2D eigenvalue weighted by molar-refractivity contribution is 6.05. The summed E-state index contributed by atoms with van der Waals surface area (Å²) < 4.78 is 76.9. The number of aromatic nitrogens is 2.